The van der Waals surface area contributed by atoms with Crippen LogP contribution >= 0.6 is 23.8 Å². The quantitative estimate of drug-likeness (QED) is 0.339. The van der Waals surface area contributed by atoms with E-state index in [0.717, 1.165) is 11.3 Å². The molecule has 1 aromatic carbocycles. The topological polar surface area (TPSA) is 50.8 Å². The Balaban J connectivity index is 2.41. The number of benzene rings is 1. The van der Waals surface area contributed by atoms with Crippen molar-refractivity contribution in [2.75, 3.05) is 26.9 Å². The average Bonchev–Trinajstić information content (AvgIpc) is 2.59. The summed E-state index contributed by atoms with van der Waals surface area (Å²) in [6.07, 6.45) is 1.73. The van der Waals surface area contributed by atoms with E-state index in [9.17, 15) is 4.79 Å². The van der Waals surface area contributed by atoms with E-state index in [0.29, 0.717) is 28.9 Å². The summed E-state index contributed by atoms with van der Waals surface area (Å²) in [6, 6.07) is 6.88. The summed E-state index contributed by atoms with van der Waals surface area (Å²) in [4.78, 5) is 14.5. The van der Waals surface area contributed by atoms with Crippen molar-refractivity contribution in [1.82, 2.24) is 10.2 Å². The molecule has 25 heavy (non-hydrogen) atoms. The molecule has 0 aromatic heterocycles. The number of carbonyl (C=O) groups excluding carboxylic acids is 1. The Kier molecular flexibility index (Phi) is 6.99. The van der Waals surface area contributed by atoms with Gasteiger partial charge in [0.15, 0.2) is 5.11 Å². The maximum Gasteiger partial charge on any atom is 0.338 e. The van der Waals surface area contributed by atoms with Crippen LogP contribution in [0.25, 0.3) is 0 Å². The molecular formula is C18H21ClN2O3S. The van der Waals surface area contributed by atoms with Crippen LogP contribution in [-0.4, -0.2) is 42.8 Å². The highest BCUT2D eigenvalue weighted by molar-refractivity contribution is 7.80. The molecule has 1 heterocycles. The third-order valence-electron chi connectivity index (χ3n) is 3.85. The normalized spacial score (nSPS) is 17.3. The van der Waals surface area contributed by atoms with E-state index in [4.69, 9.17) is 33.3 Å². The van der Waals surface area contributed by atoms with Crippen LogP contribution in [0, 0.1) is 0 Å². The van der Waals surface area contributed by atoms with E-state index in [-0.39, 0.29) is 6.61 Å². The fourth-order valence-electron chi connectivity index (χ4n) is 2.60. The molecule has 0 saturated heterocycles. The number of esters is 1. The van der Waals surface area contributed by atoms with Gasteiger partial charge in [0.2, 0.25) is 0 Å². The number of carbonyl (C=O) groups is 1. The maximum atomic E-state index is 12.7. The Labute approximate surface area is 158 Å². The van der Waals surface area contributed by atoms with E-state index in [1.165, 1.54) is 0 Å². The predicted octanol–water partition coefficient (Wildman–Crippen LogP) is 3.22. The molecule has 1 aliphatic heterocycles. The number of rotatable bonds is 7. The van der Waals surface area contributed by atoms with Gasteiger partial charge in [0, 0.05) is 24.4 Å². The minimum atomic E-state index is -0.404. The number of nitrogens with zero attached hydrogens (tertiary/aromatic N) is 1. The Morgan fingerprint density at radius 3 is 2.68 bits per heavy atom. The fraction of sp³-hybridized carbons (Fsp3) is 0.333. The lowest BCUT2D eigenvalue weighted by molar-refractivity contribution is -0.140. The molecule has 134 valence electrons. The van der Waals surface area contributed by atoms with Crippen LogP contribution in [0.3, 0.4) is 0 Å². The second-order valence-electron chi connectivity index (χ2n) is 5.46. The number of nitrogens with one attached hydrogen (secondary N) is 1. The van der Waals surface area contributed by atoms with Gasteiger partial charge in [0.1, 0.15) is 6.61 Å². The standard InChI is InChI=1S/C18H21ClN2O3S/c1-4-9-21-12(2)15(17(22)24-11-10-23-3)16(20-18(21)25)13-5-7-14(19)8-6-13/h4-8,16H,1,9-11H2,2-3H3,(H,20,25)/t16-/m1/s1. The third kappa shape index (κ3) is 4.60. The van der Waals surface area contributed by atoms with Crippen molar-refractivity contribution in [2.24, 2.45) is 0 Å². The van der Waals surface area contributed by atoms with Gasteiger partial charge in [-0.1, -0.05) is 29.8 Å². The monoisotopic (exact) mass is 380 g/mol. The van der Waals surface area contributed by atoms with Crippen LogP contribution in [0.5, 0.6) is 0 Å². The summed E-state index contributed by atoms with van der Waals surface area (Å²) in [7, 11) is 1.56. The van der Waals surface area contributed by atoms with Crippen molar-refractivity contribution in [3.63, 3.8) is 0 Å². The number of thiocarbonyl (C=S) groups is 1. The Bertz CT molecular complexity index is 688. The molecule has 5 nitrogen and oxygen atoms in total. The lowest BCUT2D eigenvalue weighted by atomic mass is 9.95. The molecule has 0 unspecified atom stereocenters. The molecule has 7 heteroatoms. The lowest BCUT2D eigenvalue weighted by Crippen LogP contribution is -2.47. The first-order chi connectivity index (χ1) is 12.0. The van der Waals surface area contributed by atoms with Gasteiger partial charge in [-0.15, -0.1) is 6.58 Å². The lowest BCUT2D eigenvalue weighted by Gasteiger charge is -2.37. The Hall–Kier alpha value is -1.89. The van der Waals surface area contributed by atoms with Gasteiger partial charge in [0.05, 0.1) is 18.2 Å². The first-order valence-electron chi connectivity index (χ1n) is 7.80. The Morgan fingerprint density at radius 2 is 2.08 bits per heavy atom. The highest BCUT2D eigenvalue weighted by Gasteiger charge is 2.34. The first-order valence-corrected chi connectivity index (χ1v) is 8.59. The average molecular weight is 381 g/mol. The number of methoxy groups -OCH3 is 1. The molecule has 0 spiro atoms. The third-order valence-corrected chi connectivity index (χ3v) is 4.44. The number of ether oxygens (including phenoxy) is 2. The minimum Gasteiger partial charge on any atom is -0.460 e. The van der Waals surface area contributed by atoms with Crippen LogP contribution in [0.4, 0.5) is 0 Å². The molecule has 0 amide bonds. The zero-order valence-corrected chi connectivity index (χ0v) is 15.8. The van der Waals surface area contributed by atoms with Gasteiger partial charge in [0.25, 0.3) is 0 Å². The van der Waals surface area contributed by atoms with Crippen molar-refractivity contribution in [1.29, 1.82) is 0 Å². The van der Waals surface area contributed by atoms with E-state index in [1.54, 1.807) is 25.3 Å². The van der Waals surface area contributed by atoms with Crippen molar-refractivity contribution < 1.29 is 14.3 Å². The van der Waals surface area contributed by atoms with Crippen LogP contribution in [0.1, 0.15) is 18.5 Å². The van der Waals surface area contributed by atoms with E-state index >= 15 is 0 Å². The van der Waals surface area contributed by atoms with Gasteiger partial charge in [-0.2, -0.15) is 0 Å². The Morgan fingerprint density at radius 1 is 1.40 bits per heavy atom. The summed E-state index contributed by atoms with van der Waals surface area (Å²) < 4.78 is 10.3. The smallest absolute Gasteiger partial charge is 0.338 e. The SMILES string of the molecule is C=CCN1C(=S)N[C@H](c2ccc(Cl)cc2)C(C(=O)OCCOC)=C1C. The zero-order valence-electron chi connectivity index (χ0n) is 14.3. The molecule has 1 atom stereocenters. The molecule has 0 saturated carbocycles. The van der Waals surface area contributed by atoms with Crippen LogP contribution in [0.15, 0.2) is 48.2 Å². The molecule has 0 fully saturated rings. The number of halogens is 1. The molecule has 0 radical (unpaired) electrons. The number of hydrogen-bond acceptors (Lipinski definition) is 4. The van der Waals surface area contributed by atoms with Crippen molar-refractivity contribution >= 4 is 34.9 Å². The minimum absolute atomic E-state index is 0.186. The van der Waals surface area contributed by atoms with Gasteiger partial charge >= 0.3 is 5.97 Å². The highest BCUT2D eigenvalue weighted by Crippen LogP contribution is 2.31. The van der Waals surface area contributed by atoms with Crippen LogP contribution < -0.4 is 5.32 Å². The van der Waals surface area contributed by atoms with Gasteiger partial charge in [-0.3, -0.25) is 0 Å². The summed E-state index contributed by atoms with van der Waals surface area (Å²) in [5, 5.41) is 4.37. The van der Waals surface area contributed by atoms with Crippen molar-refractivity contribution in [2.45, 2.75) is 13.0 Å². The van der Waals surface area contributed by atoms with Crippen LogP contribution in [0.2, 0.25) is 5.02 Å². The van der Waals surface area contributed by atoms with Gasteiger partial charge < -0.3 is 19.7 Å². The second kappa shape index (κ2) is 8.99. The van der Waals surface area contributed by atoms with Crippen molar-refractivity contribution in [3.05, 3.63) is 58.8 Å². The predicted molar refractivity (Wildman–Crippen MR) is 102 cm³/mol. The molecule has 0 aliphatic carbocycles. The fourth-order valence-corrected chi connectivity index (χ4v) is 3.05. The van der Waals surface area contributed by atoms with Gasteiger partial charge in [-0.05, 0) is 36.8 Å². The molecular weight excluding hydrogens is 360 g/mol. The summed E-state index contributed by atoms with van der Waals surface area (Å²) in [5.74, 6) is -0.404. The number of allylic oxidation sites excluding steroid dienone is 1. The molecule has 1 aliphatic rings. The van der Waals surface area contributed by atoms with E-state index in [1.807, 2.05) is 24.0 Å². The largest absolute Gasteiger partial charge is 0.460 e. The first kappa shape index (κ1) is 19.4. The van der Waals surface area contributed by atoms with E-state index < -0.39 is 12.0 Å². The molecule has 1 aromatic rings. The summed E-state index contributed by atoms with van der Waals surface area (Å²) in [6.45, 7) is 6.62. The highest BCUT2D eigenvalue weighted by atomic mass is 35.5. The van der Waals surface area contributed by atoms with Gasteiger partial charge in [-0.25, -0.2) is 4.79 Å². The second-order valence-corrected chi connectivity index (χ2v) is 6.28. The van der Waals surface area contributed by atoms with Crippen molar-refractivity contribution in [3.8, 4) is 0 Å². The maximum absolute atomic E-state index is 12.7. The zero-order chi connectivity index (χ0) is 18.4. The summed E-state index contributed by atoms with van der Waals surface area (Å²) in [5.41, 5.74) is 2.13. The van der Waals surface area contributed by atoms with E-state index in [2.05, 4.69) is 11.9 Å². The molecule has 0 bridgehead atoms. The summed E-state index contributed by atoms with van der Waals surface area (Å²) >= 11 is 11.4. The molecule has 1 N–H and O–H groups in total. The molecule has 2 rings (SSSR count). The number of hydrogen-bond donors (Lipinski definition) is 1. The van der Waals surface area contributed by atoms with Crippen LogP contribution in [-0.2, 0) is 14.3 Å².